The first-order chi connectivity index (χ1) is 11.6. The molecule has 136 valence electrons. The van der Waals surface area contributed by atoms with Crippen molar-refractivity contribution in [3.8, 4) is 0 Å². The highest BCUT2D eigenvalue weighted by atomic mass is 35.5. The molecule has 0 aliphatic heterocycles. The van der Waals surface area contributed by atoms with Crippen LogP contribution in [0.5, 0.6) is 0 Å². The molecule has 0 fully saturated rings. The normalized spacial score (nSPS) is 11.4. The van der Waals surface area contributed by atoms with Gasteiger partial charge in [-0.05, 0) is 45.4 Å². The summed E-state index contributed by atoms with van der Waals surface area (Å²) in [6.07, 6.45) is 0. The molecule has 0 radical (unpaired) electrons. The number of aromatic nitrogens is 1. The Labute approximate surface area is 152 Å². The van der Waals surface area contributed by atoms with Crippen molar-refractivity contribution in [2.45, 2.75) is 32.6 Å². The number of esters is 1. The number of sulfonamides is 1. The van der Waals surface area contributed by atoms with E-state index in [9.17, 15) is 13.2 Å². The van der Waals surface area contributed by atoms with Crippen molar-refractivity contribution >= 4 is 33.3 Å². The van der Waals surface area contributed by atoms with E-state index in [1.54, 1.807) is 46.0 Å². The van der Waals surface area contributed by atoms with E-state index in [-0.39, 0.29) is 22.9 Å². The highest BCUT2D eigenvalue weighted by Gasteiger charge is 2.29. The lowest BCUT2D eigenvalue weighted by molar-refractivity contribution is 0.0514. The molecule has 1 N–H and O–H groups in total. The third kappa shape index (κ3) is 3.67. The molecule has 8 heteroatoms. The summed E-state index contributed by atoms with van der Waals surface area (Å²) in [7, 11) is -2.29. The summed E-state index contributed by atoms with van der Waals surface area (Å²) in [4.78, 5) is 12.2. The van der Waals surface area contributed by atoms with Crippen LogP contribution in [0.15, 0.2) is 23.1 Å². The highest BCUT2D eigenvalue weighted by Crippen LogP contribution is 2.30. The number of carbonyl (C=O) groups excluding carboxylic acids is 1. The maximum absolute atomic E-state index is 12.9. The molecule has 0 bridgehead atoms. The van der Waals surface area contributed by atoms with E-state index in [2.05, 4.69) is 4.72 Å². The smallest absolute Gasteiger partial charge is 0.355 e. The number of carbonyl (C=O) groups is 1. The Morgan fingerprint density at radius 3 is 2.48 bits per heavy atom. The maximum atomic E-state index is 12.9. The summed E-state index contributed by atoms with van der Waals surface area (Å²) in [6.45, 7) is 7.00. The molecular weight excluding hydrogens is 364 g/mol. The third-order valence-corrected chi connectivity index (χ3v) is 5.91. The summed E-state index contributed by atoms with van der Waals surface area (Å²) in [5.41, 5.74) is 2.21. The van der Waals surface area contributed by atoms with Gasteiger partial charge in [0.15, 0.2) is 0 Å². The maximum Gasteiger partial charge on any atom is 0.355 e. The molecule has 25 heavy (non-hydrogen) atoms. The molecule has 0 saturated heterocycles. The fourth-order valence-electron chi connectivity index (χ4n) is 2.73. The van der Waals surface area contributed by atoms with Crippen molar-refractivity contribution < 1.29 is 17.9 Å². The zero-order valence-corrected chi connectivity index (χ0v) is 16.4. The van der Waals surface area contributed by atoms with Gasteiger partial charge >= 0.3 is 5.97 Å². The number of nitrogens with zero attached hydrogens (tertiary/aromatic N) is 1. The zero-order valence-electron chi connectivity index (χ0n) is 14.8. The number of hydrogen-bond donors (Lipinski definition) is 1. The van der Waals surface area contributed by atoms with E-state index in [1.807, 2.05) is 6.92 Å². The van der Waals surface area contributed by atoms with Gasteiger partial charge in [-0.3, -0.25) is 4.72 Å². The van der Waals surface area contributed by atoms with Crippen molar-refractivity contribution in [2.75, 3.05) is 11.3 Å². The van der Waals surface area contributed by atoms with Gasteiger partial charge in [0.25, 0.3) is 10.0 Å². The molecule has 0 saturated carbocycles. The molecule has 2 aromatic rings. The van der Waals surface area contributed by atoms with Crippen LogP contribution in [0.3, 0.4) is 0 Å². The first kappa shape index (κ1) is 19.3. The van der Waals surface area contributed by atoms with Crippen LogP contribution in [0.4, 0.5) is 5.69 Å². The largest absolute Gasteiger partial charge is 0.461 e. The molecule has 0 atom stereocenters. The second kappa shape index (κ2) is 7.09. The molecule has 0 spiro atoms. The lowest BCUT2D eigenvalue weighted by Gasteiger charge is -2.11. The number of nitrogens with one attached hydrogen (secondary N) is 1. The minimum atomic E-state index is -3.92. The number of rotatable bonds is 5. The molecule has 1 aromatic heterocycles. The van der Waals surface area contributed by atoms with E-state index in [4.69, 9.17) is 16.3 Å². The van der Waals surface area contributed by atoms with Crippen LogP contribution in [0.1, 0.15) is 34.2 Å². The van der Waals surface area contributed by atoms with Gasteiger partial charge in [0.2, 0.25) is 0 Å². The average Bonchev–Trinajstić information content (AvgIpc) is 2.73. The van der Waals surface area contributed by atoms with Crippen LogP contribution >= 0.6 is 11.6 Å². The van der Waals surface area contributed by atoms with Gasteiger partial charge in [0.1, 0.15) is 10.6 Å². The predicted molar refractivity (Wildman–Crippen MR) is 97.8 cm³/mol. The van der Waals surface area contributed by atoms with Gasteiger partial charge in [0.05, 0.1) is 17.3 Å². The quantitative estimate of drug-likeness (QED) is 0.799. The van der Waals surface area contributed by atoms with Crippen molar-refractivity contribution in [3.63, 3.8) is 0 Å². The SMILES string of the molecule is CCOC(=O)c1c(C)c(S(=O)(=O)Nc2ccc(C)cc2Cl)c(C)n1C. The Hall–Kier alpha value is -1.99. The van der Waals surface area contributed by atoms with Crippen molar-refractivity contribution in [2.24, 2.45) is 7.05 Å². The van der Waals surface area contributed by atoms with E-state index in [0.717, 1.165) is 5.56 Å². The second-order valence-electron chi connectivity index (χ2n) is 5.76. The Kier molecular flexibility index (Phi) is 5.49. The highest BCUT2D eigenvalue weighted by molar-refractivity contribution is 7.92. The fraction of sp³-hybridized carbons (Fsp3) is 0.353. The Morgan fingerprint density at radius 2 is 1.92 bits per heavy atom. The lowest BCUT2D eigenvalue weighted by Crippen LogP contribution is -2.15. The number of ether oxygens (including phenoxy) is 1. The van der Waals surface area contributed by atoms with Crippen LogP contribution in [0, 0.1) is 20.8 Å². The predicted octanol–water partition coefficient (Wildman–Crippen LogP) is 3.58. The van der Waals surface area contributed by atoms with Crippen LogP contribution in [-0.4, -0.2) is 25.6 Å². The standard InChI is InChI=1S/C17H21ClN2O4S/c1-6-24-17(21)15-11(3)16(12(4)20(15)5)25(22,23)19-14-8-7-10(2)9-13(14)18/h7-9,19H,6H2,1-5H3. The molecule has 1 heterocycles. The summed E-state index contributed by atoms with van der Waals surface area (Å²) in [6, 6.07) is 5.04. The van der Waals surface area contributed by atoms with E-state index in [0.29, 0.717) is 16.3 Å². The summed E-state index contributed by atoms with van der Waals surface area (Å²) in [5.74, 6) is -0.555. The second-order valence-corrected chi connectivity index (χ2v) is 7.78. The monoisotopic (exact) mass is 384 g/mol. The molecule has 6 nitrogen and oxygen atoms in total. The minimum absolute atomic E-state index is 0.0506. The van der Waals surface area contributed by atoms with Gasteiger partial charge in [-0.15, -0.1) is 0 Å². The van der Waals surface area contributed by atoms with Crippen molar-refractivity contribution in [1.29, 1.82) is 0 Å². The van der Waals surface area contributed by atoms with Crippen LogP contribution < -0.4 is 4.72 Å². The van der Waals surface area contributed by atoms with Gasteiger partial charge in [-0.25, -0.2) is 13.2 Å². The zero-order chi connectivity index (χ0) is 18.9. The van der Waals surface area contributed by atoms with E-state index < -0.39 is 16.0 Å². The summed E-state index contributed by atoms with van der Waals surface area (Å²) >= 11 is 6.12. The van der Waals surface area contributed by atoms with Crippen LogP contribution in [0.25, 0.3) is 0 Å². The molecule has 0 aliphatic carbocycles. The first-order valence-electron chi connectivity index (χ1n) is 7.72. The minimum Gasteiger partial charge on any atom is -0.461 e. The van der Waals surface area contributed by atoms with Gasteiger partial charge in [-0.1, -0.05) is 17.7 Å². The third-order valence-electron chi connectivity index (χ3n) is 3.97. The number of aryl methyl sites for hydroxylation is 1. The molecule has 1 aromatic carbocycles. The molecule has 2 rings (SSSR count). The molecular formula is C17H21ClN2O4S. The van der Waals surface area contributed by atoms with Crippen molar-refractivity contribution in [3.05, 3.63) is 45.7 Å². The van der Waals surface area contributed by atoms with E-state index >= 15 is 0 Å². The van der Waals surface area contributed by atoms with Crippen molar-refractivity contribution in [1.82, 2.24) is 4.57 Å². The van der Waals surface area contributed by atoms with Gasteiger partial charge in [-0.2, -0.15) is 0 Å². The van der Waals surface area contributed by atoms with E-state index in [1.165, 1.54) is 4.57 Å². The number of halogens is 1. The molecule has 0 unspecified atom stereocenters. The number of hydrogen-bond acceptors (Lipinski definition) is 4. The summed E-state index contributed by atoms with van der Waals surface area (Å²) in [5, 5.41) is 0.306. The Balaban J connectivity index is 2.53. The number of benzene rings is 1. The fourth-order valence-corrected chi connectivity index (χ4v) is 4.67. The van der Waals surface area contributed by atoms with Gasteiger partial charge in [0, 0.05) is 18.3 Å². The topological polar surface area (TPSA) is 77.4 Å². The molecule has 0 amide bonds. The average molecular weight is 385 g/mol. The summed E-state index contributed by atoms with van der Waals surface area (Å²) < 4.78 is 34.8. The van der Waals surface area contributed by atoms with Crippen LogP contribution in [0.2, 0.25) is 5.02 Å². The number of anilines is 1. The Bertz CT molecular complexity index is 933. The Morgan fingerprint density at radius 1 is 1.28 bits per heavy atom. The van der Waals surface area contributed by atoms with Crippen LogP contribution in [-0.2, 0) is 21.8 Å². The molecule has 0 aliphatic rings. The lowest BCUT2D eigenvalue weighted by atomic mass is 10.2. The first-order valence-corrected chi connectivity index (χ1v) is 9.58. The van der Waals surface area contributed by atoms with Gasteiger partial charge < -0.3 is 9.30 Å².